The molecule has 0 rings (SSSR count). The summed E-state index contributed by atoms with van der Waals surface area (Å²) in [6.45, 7) is 5.97. The maximum atomic E-state index is 9.78. The van der Waals surface area contributed by atoms with Crippen LogP contribution in [0.5, 0.6) is 0 Å². The van der Waals surface area contributed by atoms with E-state index in [1.54, 1.807) is 7.05 Å². The summed E-state index contributed by atoms with van der Waals surface area (Å²) in [6.07, 6.45) is 1.68. The first-order valence-electron chi connectivity index (χ1n) is 5.32. The molecule has 0 bridgehead atoms. The Morgan fingerprint density at radius 1 is 1.29 bits per heavy atom. The van der Waals surface area contributed by atoms with Crippen molar-refractivity contribution in [1.82, 2.24) is 10.6 Å². The Bertz CT molecular complexity index is 149. The molecule has 0 heterocycles. The number of aliphatic hydroxyl groups is 2. The molecule has 4 nitrogen and oxygen atoms in total. The maximum absolute atomic E-state index is 9.78. The molecule has 4 N–H and O–H groups in total. The Morgan fingerprint density at radius 2 is 1.86 bits per heavy atom. The third-order valence-corrected chi connectivity index (χ3v) is 2.15. The molecule has 0 fully saturated rings. The zero-order valence-electron chi connectivity index (χ0n) is 9.67. The minimum atomic E-state index is -1.67. The first-order valence-corrected chi connectivity index (χ1v) is 5.32. The van der Waals surface area contributed by atoms with Gasteiger partial charge in [0.25, 0.3) is 0 Å². The molecule has 0 amide bonds. The van der Waals surface area contributed by atoms with E-state index < -0.39 is 12.0 Å². The molecular weight excluding hydrogens is 180 g/mol. The summed E-state index contributed by atoms with van der Waals surface area (Å²) in [5.41, 5.74) is 0. The molecule has 86 valence electrons. The van der Waals surface area contributed by atoms with Crippen molar-refractivity contribution in [1.29, 1.82) is 0 Å². The molecule has 0 aliphatic rings. The van der Waals surface area contributed by atoms with E-state index in [2.05, 4.69) is 10.6 Å². The van der Waals surface area contributed by atoms with Crippen LogP contribution in [0.2, 0.25) is 0 Å². The highest BCUT2D eigenvalue weighted by Crippen LogP contribution is 2.14. The Morgan fingerprint density at radius 3 is 2.21 bits per heavy atom. The molecule has 14 heavy (non-hydrogen) atoms. The quantitative estimate of drug-likeness (QED) is 0.453. The van der Waals surface area contributed by atoms with Crippen molar-refractivity contribution in [3.05, 3.63) is 0 Å². The number of hydrogen-bond acceptors (Lipinski definition) is 4. The van der Waals surface area contributed by atoms with Crippen LogP contribution in [0, 0.1) is 0 Å². The van der Waals surface area contributed by atoms with Crippen LogP contribution in [0.1, 0.15) is 40.0 Å². The lowest BCUT2D eigenvalue weighted by Crippen LogP contribution is -2.59. The van der Waals surface area contributed by atoms with Gasteiger partial charge >= 0.3 is 0 Å². The monoisotopic (exact) mass is 204 g/mol. The molecular formula is C10H24N2O2. The van der Waals surface area contributed by atoms with Gasteiger partial charge in [-0.05, 0) is 27.3 Å². The topological polar surface area (TPSA) is 64.5 Å². The fourth-order valence-electron chi connectivity index (χ4n) is 1.36. The summed E-state index contributed by atoms with van der Waals surface area (Å²) in [7, 11) is 1.72. The first kappa shape index (κ1) is 13.8. The summed E-state index contributed by atoms with van der Waals surface area (Å²) in [5, 5.41) is 25.5. The lowest BCUT2D eigenvalue weighted by molar-refractivity contribution is -0.195. The van der Waals surface area contributed by atoms with E-state index in [-0.39, 0.29) is 6.04 Å². The van der Waals surface area contributed by atoms with E-state index >= 15 is 0 Å². The van der Waals surface area contributed by atoms with Gasteiger partial charge in [0, 0.05) is 12.5 Å². The molecule has 0 aromatic heterocycles. The first-order chi connectivity index (χ1) is 6.44. The number of rotatable bonds is 7. The highest BCUT2D eigenvalue weighted by atomic mass is 16.5. The van der Waals surface area contributed by atoms with Crippen LogP contribution in [-0.4, -0.2) is 35.3 Å². The van der Waals surface area contributed by atoms with Crippen molar-refractivity contribution in [3.63, 3.8) is 0 Å². The van der Waals surface area contributed by atoms with Crippen LogP contribution >= 0.6 is 0 Å². The van der Waals surface area contributed by atoms with Crippen molar-refractivity contribution in [3.8, 4) is 0 Å². The molecule has 1 atom stereocenters. The van der Waals surface area contributed by atoms with E-state index in [9.17, 15) is 10.2 Å². The van der Waals surface area contributed by atoms with Crippen LogP contribution in [0.3, 0.4) is 0 Å². The van der Waals surface area contributed by atoms with Gasteiger partial charge in [-0.25, -0.2) is 0 Å². The van der Waals surface area contributed by atoms with Crippen LogP contribution in [0.4, 0.5) is 0 Å². The van der Waals surface area contributed by atoms with Gasteiger partial charge in [-0.15, -0.1) is 0 Å². The Hall–Kier alpha value is -0.160. The summed E-state index contributed by atoms with van der Waals surface area (Å²) < 4.78 is 0. The van der Waals surface area contributed by atoms with Gasteiger partial charge in [0.2, 0.25) is 0 Å². The van der Waals surface area contributed by atoms with Gasteiger partial charge in [0.05, 0.1) is 0 Å². The lowest BCUT2D eigenvalue weighted by Gasteiger charge is -2.33. The average molecular weight is 204 g/mol. The van der Waals surface area contributed by atoms with Crippen molar-refractivity contribution in [2.45, 2.75) is 58.0 Å². The number of likely N-dealkylation sites (N-methyl/N-ethyl adjacent to an activating group) is 1. The summed E-state index contributed by atoms with van der Waals surface area (Å²) in [4.78, 5) is 0. The van der Waals surface area contributed by atoms with Gasteiger partial charge in [-0.2, -0.15) is 0 Å². The predicted octanol–water partition coefficient (Wildman–Crippen LogP) is 0.401. The second-order valence-electron chi connectivity index (χ2n) is 4.03. The Balaban J connectivity index is 4.17. The summed E-state index contributed by atoms with van der Waals surface area (Å²) in [5.74, 6) is -1.67. The highest BCUT2D eigenvalue weighted by molar-refractivity contribution is 4.80. The van der Waals surface area contributed by atoms with E-state index in [0.29, 0.717) is 6.42 Å². The van der Waals surface area contributed by atoms with Crippen molar-refractivity contribution >= 4 is 0 Å². The van der Waals surface area contributed by atoms with Gasteiger partial charge in [-0.3, -0.25) is 5.32 Å². The second kappa shape index (κ2) is 6.35. The third-order valence-electron chi connectivity index (χ3n) is 2.15. The van der Waals surface area contributed by atoms with Crippen molar-refractivity contribution in [2.24, 2.45) is 0 Å². The van der Waals surface area contributed by atoms with E-state index in [0.717, 1.165) is 12.8 Å². The van der Waals surface area contributed by atoms with Crippen molar-refractivity contribution < 1.29 is 10.2 Å². The van der Waals surface area contributed by atoms with Crippen LogP contribution in [0.25, 0.3) is 0 Å². The van der Waals surface area contributed by atoms with Gasteiger partial charge in [0.1, 0.15) is 6.17 Å². The fourth-order valence-corrected chi connectivity index (χ4v) is 1.36. The standard InChI is InChI=1S/C10H24N2O2/c1-5-6-7-10(13,14)9(11-4)12-8(2)3/h8-9,11-14H,5-7H2,1-4H3. The average Bonchev–Trinajstić information content (AvgIpc) is 2.10. The zero-order valence-corrected chi connectivity index (χ0v) is 9.67. The SMILES string of the molecule is CCCCC(O)(O)C(NC)NC(C)C. The summed E-state index contributed by atoms with van der Waals surface area (Å²) >= 11 is 0. The highest BCUT2D eigenvalue weighted by Gasteiger charge is 2.32. The van der Waals surface area contributed by atoms with Crippen molar-refractivity contribution in [2.75, 3.05) is 7.05 Å². The van der Waals surface area contributed by atoms with Gasteiger partial charge < -0.3 is 15.5 Å². The van der Waals surface area contributed by atoms with E-state index in [1.165, 1.54) is 0 Å². The normalized spacial score (nSPS) is 14.8. The Labute approximate surface area is 86.7 Å². The predicted molar refractivity (Wildman–Crippen MR) is 57.8 cm³/mol. The minimum Gasteiger partial charge on any atom is -0.363 e. The molecule has 0 spiro atoms. The maximum Gasteiger partial charge on any atom is 0.192 e. The van der Waals surface area contributed by atoms with Crippen LogP contribution in [0.15, 0.2) is 0 Å². The van der Waals surface area contributed by atoms with Gasteiger partial charge in [0.15, 0.2) is 5.79 Å². The Kier molecular flexibility index (Phi) is 6.27. The van der Waals surface area contributed by atoms with Crippen LogP contribution < -0.4 is 10.6 Å². The molecule has 0 aliphatic carbocycles. The molecule has 1 unspecified atom stereocenters. The molecule has 0 saturated carbocycles. The summed E-state index contributed by atoms with van der Waals surface area (Å²) in [6, 6.07) is 0.216. The van der Waals surface area contributed by atoms with Gasteiger partial charge in [-0.1, -0.05) is 13.3 Å². The molecule has 4 heteroatoms. The smallest absolute Gasteiger partial charge is 0.192 e. The lowest BCUT2D eigenvalue weighted by atomic mass is 10.1. The minimum absolute atomic E-state index is 0.216. The number of hydrogen-bond donors (Lipinski definition) is 4. The molecule has 0 aromatic carbocycles. The molecule has 0 saturated heterocycles. The molecule has 0 radical (unpaired) electrons. The molecule has 0 aromatic rings. The van der Waals surface area contributed by atoms with Crippen LogP contribution in [-0.2, 0) is 0 Å². The fraction of sp³-hybridized carbons (Fsp3) is 1.00. The van der Waals surface area contributed by atoms with E-state index in [1.807, 2.05) is 20.8 Å². The number of unbranched alkanes of at least 4 members (excludes halogenated alkanes) is 1. The second-order valence-corrected chi connectivity index (χ2v) is 4.03. The largest absolute Gasteiger partial charge is 0.363 e. The third kappa shape index (κ3) is 4.91. The molecule has 0 aliphatic heterocycles. The number of nitrogens with one attached hydrogen (secondary N) is 2. The van der Waals surface area contributed by atoms with E-state index in [4.69, 9.17) is 0 Å². The zero-order chi connectivity index (χ0) is 11.2.